The van der Waals surface area contributed by atoms with E-state index in [4.69, 9.17) is 5.11 Å². The number of carbonyl (C=O) groups is 1. The Balaban J connectivity index is 2.52. The summed E-state index contributed by atoms with van der Waals surface area (Å²) in [7, 11) is 0. The van der Waals surface area contributed by atoms with Crippen molar-refractivity contribution in [3.63, 3.8) is 0 Å². The van der Waals surface area contributed by atoms with Gasteiger partial charge in [-0.05, 0) is 37.5 Å². The Labute approximate surface area is 122 Å². The summed E-state index contributed by atoms with van der Waals surface area (Å²) >= 11 is 3.41. The second kappa shape index (κ2) is 8.17. The number of aliphatic hydroxyl groups is 1. The van der Waals surface area contributed by atoms with E-state index in [2.05, 4.69) is 26.6 Å². The number of amides is 2. The predicted molar refractivity (Wildman–Crippen MR) is 80.0 cm³/mol. The standard InChI is InChI=1S/C14H21BrN2O2/c1-3-13(7-8-18)17-14(19)16-10(2)11-5-4-6-12(15)9-11/h4-6,9-10,13,18H,3,7-8H2,1-2H3,(H2,16,17,19). The molecule has 3 N–H and O–H groups in total. The van der Waals surface area contributed by atoms with E-state index in [9.17, 15) is 4.79 Å². The van der Waals surface area contributed by atoms with E-state index in [0.29, 0.717) is 6.42 Å². The summed E-state index contributed by atoms with van der Waals surface area (Å²) in [6.45, 7) is 4.01. The highest BCUT2D eigenvalue weighted by Gasteiger charge is 2.13. The van der Waals surface area contributed by atoms with Gasteiger partial charge in [0.15, 0.2) is 0 Å². The molecule has 0 saturated carbocycles. The molecule has 0 heterocycles. The normalized spacial score (nSPS) is 13.7. The summed E-state index contributed by atoms with van der Waals surface area (Å²) in [6.07, 6.45) is 1.38. The molecule has 0 saturated heterocycles. The van der Waals surface area contributed by atoms with Gasteiger partial charge in [-0.3, -0.25) is 0 Å². The van der Waals surface area contributed by atoms with Gasteiger partial charge >= 0.3 is 6.03 Å². The molecule has 1 aromatic carbocycles. The van der Waals surface area contributed by atoms with Crippen LogP contribution in [0, 0.1) is 0 Å². The fraction of sp³-hybridized carbons (Fsp3) is 0.500. The largest absolute Gasteiger partial charge is 0.396 e. The Morgan fingerprint density at radius 3 is 2.74 bits per heavy atom. The first-order valence-corrected chi connectivity index (χ1v) is 7.29. The fourth-order valence-electron chi connectivity index (χ4n) is 1.82. The van der Waals surface area contributed by atoms with Crippen LogP contribution in [-0.4, -0.2) is 23.8 Å². The van der Waals surface area contributed by atoms with Crippen LogP contribution in [0.25, 0.3) is 0 Å². The van der Waals surface area contributed by atoms with Crippen molar-refractivity contribution < 1.29 is 9.90 Å². The van der Waals surface area contributed by atoms with E-state index in [1.165, 1.54) is 0 Å². The maximum Gasteiger partial charge on any atom is 0.315 e. The minimum absolute atomic E-state index is 0.0136. The molecule has 0 bridgehead atoms. The molecule has 0 aliphatic carbocycles. The molecule has 0 aliphatic rings. The fourth-order valence-corrected chi connectivity index (χ4v) is 2.23. The molecule has 106 valence electrons. The lowest BCUT2D eigenvalue weighted by Gasteiger charge is -2.19. The lowest BCUT2D eigenvalue weighted by molar-refractivity contribution is 0.225. The summed E-state index contributed by atoms with van der Waals surface area (Å²) in [6, 6.07) is 7.59. The maximum atomic E-state index is 11.8. The first-order valence-electron chi connectivity index (χ1n) is 6.50. The zero-order valence-electron chi connectivity index (χ0n) is 11.3. The Morgan fingerprint density at radius 2 is 2.16 bits per heavy atom. The van der Waals surface area contributed by atoms with Crippen LogP contribution in [0.15, 0.2) is 28.7 Å². The lowest BCUT2D eigenvalue weighted by atomic mass is 10.1. The van der Waals surface area contributed by atoms with Gasteiger partial charge in [0, 0.05) is 17.1 Å². The lowest BCUT2D eigenvalue weighted by Crippen LogP contribution is -2.43. The zero-order valence-corrected chi connectivity index (χ0v) is 12.9. The number of urea groups is 1. The molecule has 0 radical (unpaired) electrons. The average molecular weight is 329 g/mol. The van der Waals surface area contributed by atoms with Gasteiger partial charge < -0.3 is 15.7 Å². The molecule has 0 aromatic heterocycles. The van der Waals surface area contributed by atoms with Gasteiger partial charge in [0.05, 0.1) is 6.04 Å². The smallest absolute Gasteiger partial charge is 0.315 e. The van der Waals surface area contributed by atoms with Gasteiger partial charge in [-0.1, -0.05) is 35.0 Å². The molecular formula is C14H21BrN2O2. The first kappa shape index (κ1) is 16.0. The minimum Gasteiger partial charge on any atom is -0.396 e. The van der Waals surface area contributed by atoms with Crippen LogP contribution in [0.2, 0.25) is 0 Å². The monoisotopic (exact) mass is 328 g/mol. The predicted octanol–water partition coefficient (Wildman–Crippen LogP) is 2.97. The van der Waals surface area contributed by atoms with Crippen molar-refractivity contribution in [1.29, 1.82) is 0 Å². The van der Waals surface area contributed by atoms with Crippen molar-refractivity contribution in [1.82, 2.24) is 10.6 Å². The number of nitrogens with one attached hydrogen (secondary N) is 2. The van der Waals surface area contributed by atoms with Crippen LogP contribution in [0.3, 0.4) is 0 Å². The van der Waals surface area contributed by atoms with Crippen molar-refractivity contribution >= 4 is 22.0 Å². The first-order chi connectivity index (χ1) is 9.06. The van der Waals surface area contributed by atoms with Gasteiger partial charge in [-0.2, -0.15) is 0 Å². The van der Waals surface area contributed by atoms with Crippen LogP contribution in [0.1, 0.15) is 38.3 Å². The Bertz CT molecular complexity index is 412. The number of carbonyl (C=O) groups excluding carboxylic acids is 1. The molecule has 0 fully saturated rings. The van der Waals surface area contributed by atoms with Crippen molar-refractivity contribution in [2.45, 2.75) is 38.8 Å². The van der Waals surface area contributed by atoms with E-state index in [1.54, 1.807) is 0 Å². The summed E-state index contributed by atoms with van der Waals surface area (Å²) in [5.41, 5.74) is 1.04. The summed E-state index contributed by atoms with van der Waals surface area (Å²) < 4.78 is 0.991. The highest BCUT2D eigenvalue weighted by Crippen LogP contribution is 2.17. The number of hydrogen-bond acceptors (Lipinski definition) is 2. The Kier molecular flexibility index (Phi) is 6.87. The number of hydrogen-bond donors (Lipinski definition) is 3. The van der Waals surface area contributed by atoms with Crippen LogP contribution in [0.4, 0.5) is 4.79 Å². The van der Waals surface area contributed by atoms with Crippen molar-refractivity contribution in [3.05, 3.63) is 34.3 Å². The maximum absolute atomic E-state index is 11.8. The Morgan fingerprint density at radius 1 is 1.42 bits per heavy atom. The number of rotatable bonds is 6. The number of benzene rings is 1. The van der Waals surface area contributed by atoms with Crippen molar-refractivity contribution in [2.24, 2.45) is 0 Å². The third kappa shape index (κ3) is 5.61. The number of halogens is 1. The number of aliphatic hydroxyl groups excluding tert-OH is 1. The second-order valence-corrected chi connectivity index (χ2v) is 5.43. The third-order valence-electron chi connectivity index (χ3n) is 3.00. The molecule has 0 aliphatic heterocycles. The molecule has 0 spiro atoms. The molecule has 1 rings (SSSR count). The van der Waals surface area contributed by atoms with Gasteiger partial charge in [0.25, 0.3) is 0 Å². The van der Waals surface area contributed by atoms with Gasteiger partial charge in [0.2, 0.25) is 0 Å². The van der Waals surface area contributed by atoms with E-state index in [1.807, 2.05) is 38.1 Å². The SMILES string of the molecule is CCC(CCO)NC(=O)NC(C)c1cccc(Br)c1. The van der Waals surface area contributed by atoms with Gasteiger partial charge in [0.1, 0.15) is 0 Å². The van der Waals surface area contributed by atoms with Crippen LogP contribution in [0.5, 0.6) is 0 Å². The van der Waals surface area contributed by atoms with Crippen molar-refractivity contribution in [3.8, 4) is 0 Å². The third-order valence-corrected chi connectivity index (χ3v) is 3.50. The van der Waals surface area contributed by atoms with E-state index in [-0.39, 0.29) is 24.7 Å². The minimum atomic E-state index is -0.201. The van der Waals surface area contributed by atoms with Crippen molar-refractivity contribution in [2.75, 3.05) is 6.61 Å². The Hall–Kier alpha value is -1.07. The molecule has 2 amide bonds. The molecule has 1 aromatic rings. The molecule has 5 heteroatoms. The van der Waals surface area contributed by atoms with Gasteiger partial charge in [-0.25, -0.2) is 4.79 Å². The molecule has 2 atom stereocenters. The topological polar surface area (TPSA) is 61.4 Å². The molecule has 2 unspecified atom stereocenters. The average Bonchev–Trinajstić information content (AvgIpc) is 2.38. The molecule has 19 heavy (non-hydrogen) atoms. The summed E-state index contributed by atoms with van der Waals surface area (Å²) in [4.78, 5) is 11.8. The van der Waals surface area contributed by atoms with Crippen LogP contribution >= 0.6 is 15.9 Å². The van der Waals surface area contributed by atoms with Crippen LogP contribution < -0.4 is 10.6 Å². The van der Waals surface area contributed by atoms with Crippen LogP contribution in [-0.2, 0) is 0 Å². The summed E-state index contributed by atoms with van der Waals surface area (Å²) in [5, 5.41) is 14.6. The highest BCUT2D eigenvalue weighted by molar-refractivity contribution is 9.10. The quantitative estimate of drug-likeness (QED) is 0.751. The van der Waals surface area contributed by atoms with Gasteiger partial charge in [-0.15, -0.1) is 0 Å². The van der Waals surface area contributed by atoms with E-state index < -0.39 is 0 Å². The highest BCUT2D eigenvalue weighted by atomic mass is 79.9. The zero-order chi connectivity index (χ0) is 14.3. The van der Waals surface area contributed by atoms with E-state index in [0.717, 1.165) is 16.5 Å². The van der Waals surface area contributed by atoms with E-state index >= 15 is 0 Å². The summed E-state index contributed by atoms with van der Waals surface area (Å²) in [5.74, 6) is 0. The molecular weight excluding hydrogens is 308 g/mol. The molecule has 4 nitrogen and oxygen atoms in total. The second-order valence-electron chi connectivity index (χ2n) is 4.51.